The summed E-state index contributed by atoms with van der Waals surface area (Å²) in [6, 6.07) is 16.8. The van der Waals surface area contributed by atoms with Crippen molar-refractivity contribution in [3.8, 4) is 0 Å². The van der Waals surface area contributed by atoms with Gasteiger partial charge in [-0.05, 0) is 52.7 Å². The lowest BCUT2D eigenvalue weighted by Crippen LogP contribution is -2.03. The van der Waals surface area contributed by atoms with E-state index in [1.165, 1.54) is 20.6 Å². The van der Waals surface area contributed by atoms with Crippen LogP contribution in [0.25, 0.3) is 0 Å². The zero-order valence-corrected chi connectivity index (χ0v) is 12.7. The van der Waals surface area contributed by atoms with E-state index in [4.69, 9.17) is 0 Å². The van der Waals surface area contributed by atoms with Gasteiger partial charge in [-0.3, -0.25) is 0 Å². The van der Waals surface area contributed by atoms with Crippen LogP contribution in [0.4, 0.5) is 5.69 Å². The fourth-order valence-corrected chi connectivity index (χ4v) is 3.11. The van der Waals surface area contributed by atoms with Crippen LogP contribution < -0.4 is 5.32 Å². The molecule has 0 unspecified atom stereocenters. The van der Waals surface area contributed by atoms with Crippen molar-refractivity contribution >= 4 is 33.4 Å². The molecule has 2 rings (SSSR count). The topological polar surface area (TPSA) is 12.0 Å². The summed E-state index contributed by atoms with van der Waals surface area (Å²) in [4.78, 5) is 1.29. The SMILES string of the molecule is Cc1cccc(NCCSc2ccccc2Br)c1. The van der Waals surface area contributed by atoms with E-state index in [1.54, 1.807) is 0 Å². The Labute approximate surface area is 121 Å². The molecule has 18 heavy (non-hydrogen) atoms. The highest BCUT2D eigenvalue weighted by Gasteiger charge is 1.98. The van der Waals surface area contributed by atoms with E-state index in [-0.39, 0.29) is 0 Å². The number of aryl methyl sites for hydroxylation is 1. The van der Waals surface area contributed by atoms with Crippen molar-refractivity contribution in [2.75, 3.05) is 17.6 Å². The fraction of sp³-hybridized carbons (Fsp3) is 0.200. The van der Waals surface area contributed by atoms with Gasteiger partial charge in [0.05, 0.1) is 0 Å². The maximum atomic E-state index is 3.56. The third-order valence-electron chi connectivity index (χ3n) is 2.54. The van der Waals surface area contributed by atoms with Crippen LogP contribution in [0.3, 0.4) is 0 Å². The van der Waals surface area contributed by atoms with Crippen molar-refractivity contribution in [2.45, 2.75) is 11.8 Å². The smallest absolute Gasteiger partial charge is 0.0343 e. The number of rotatable bonds is 5. The normalized spacial score (nSPS) is 10.3. The van der Waals surface area contributed by atoms with E-state index in [0.717, 1.165) is 12.3 Å². The minimum absolute atomic E-state index is 0.968. The van der Waals surface area contributed by atoms with Crippen molar-refractivity contribution in [2.24, 2.45) is 0 Å². The minimum atomic E-state index is 0.968. The number of hydrogen-bond donors (Lipinski definition) is 1. The number of anilines is 1. The summed E-state index contributed by atoms with van der Waals surface area (Å²) >= 11 is 5.42. The number of thioether (sulfide) groups is 1. The molecule has 0 aromatic heterocycles. The first-order chi connectivity index (χ1) is 8.75. The summed E-state index contributed by atoms with van der Waals surface area (Å²) in [6.07, 6.45) is 0. The Morgan fingerprint density at radius 3 is 2.72 bits per heavy atom. The highest BCUT2D eigenvalue weighted by molar-refractivity contribution is 9.10. The molecule has 0 aliphatic rings. The van der Waals surface area contributed by atoms with E-state index >= 15 is 0 Å². The standard InChI is InChI=1S/C15H16BrNS/c1-12-5-4-6-13(11-12)17-9-10-18-15-8-3-2-7-14(15)16/h2-8,11,17H,9-10H2,1H3. The average molecular weight is 322 g/mol. The highest BCUT2D eigenvalue weighted by atomic mass is 79.9. The summed E-state index contributed by atoms with van der Waals surface area (Å²) in [7, 11) is 0. The maximum Gasteiger partial charge on any atom is 0.0343 e. The van der Waals surface area contributed by atoms with Crippen LogP contribution in [0.15, 0.2) is 57.9 Å². The van der Waals surface area contributed by atoms with Crippen LogP contribution in [0.2, 0.25) is 0 Å². The summed E-state index contributed by atoms with van der Waals surface area (Å²) in [5, 5.41) is 3.44. The van der Waals surface area contributed by atoms with Gasteiger partial charge in [-0.1, -0.05) is 24.3 Å². The second-order valence-corrected chi connectivity index (χ2v) is 6.07. The van der Waals surface area contributed by atoms with E-state index in [2.05, 4.69) is 70.6 Å². The fourth-order valence-electron chi connectivity index (χ4n) is 1.67. The van der Waals surface area contributed by atoms with Gasteiger partial charge in [0.15, 0.2) is 0 Å². The molecule has 2 aromatic rings. The van der Waals surface area contributed by atoms with Crippen LogP contribution >= 0.6 is 27.7 Å². The Bertz CT molecular complexity index is 513. The van der Waals surface area contributed by atoms with Crippen LogP contribution in [-0.2, 0) is 0 Å². The predicted octanol–water partition coefficient (Wildman–Crippen LogP) is 4.96. The second kappa shape index (κ2) is 6.86. The van der Waals surface area contributed by atoms with E-state index in [9.17, 15) is 0 Å². The van der Waals surface area contributed by atoms with E-state index in [0.29, 0.717) is 0 Å². The van der Waals surface area contributed by atoms with E-state index < -0.39 is 0 Å². The Balaban J connectivity index is 1.78. The monoisotopic (exact) mass is 321 g/mol. The third kappa shape index (κ3) is 4.07. The van der Waals surface area contributed by atoms with Gasteiger partial charge in [-0.15, -0.1) is 11.8 Å². The van der Waals surface area contributed by atoms with Gasteiger partial charge in [0.1, 0.15) is 0 Å². The highest BCUT2D eigenvalue weighted by Crippen LogP contribution is 2.26. The Morgan fingerprint density at radius 2 is 1.94 bits per heavy atom. The molecule has 0 saturated heterocycles. The zero-order valence-electron chi connectivity index (χ0n) is 10.3. The first-order valence-corrected chi connectivity index (χ1v) is 7.71. The van der Waals surface area contributed by atoms with Crippen molar-refractivity contribution in [3.05, 3.63) is 58.6 Å². The van der Waals surface area contributed by atoms with Gasteiger partial charge in [-0.2, -0.15) is 0 Å². The van der Waals surface area contributed by atoms with Crippen LogP contribution in [0, 0.1) is 6.92 Å². The van der Waals surface area contributed by atoms with Crippen molar-refractivity contribution in [1.82, 2.24) is 0 Å². The first kappa shape index (κ1) is 13.5. The van der Waals surface area contributed by atoms with Crippen molar-refractivity contribution < 1.29 is 0 Å². The van der Waals surface area contributed by atoms with Crippen molar-refractivity contribution in [1.29, 1.82) is 0 Å². The van der Waals surface area contributed by atoms with E-state index in [1.807, 2.05) is 17.8 Å². The minimum Gasteiger partial charge on any atom is -0.384 e. The molecule has 0 fully saturated rings. The molecule has 0 atom stereocenters. The van der Waals surface area contributed by atoms with Gasteiger partial charge in [0, 0.05) is 27.4 Å². The number of benzene rings is 2. The third-order valence-corrected chi connectivity index (χ3v) is 4.57. The van der Waals surface area contributed by atoms with Gasteiger partial charge in [-0.25, -0.2) is 0 Å². The van der Waals surface area contributed by atoms with Gasteiger partial charge in [0.25, 0.3) is 0 Å². The number of halogens is 1. The molecular weight excluding hydrogens is 306 g/mol. The molecule has 0 bridgehead atoms. The first-order valence-electron chi connectivity index (χ1n) is 5.93. The molecule has 94 valence electrons. The molecular formula is C15H16BrNS. The largest absolute Gasteiger partial charge is 0.384 e. The maximum absolute atomic E-state index is 3.56. The molecule has 0 aliphatic heterocycles. The Kier molecular flexibility index (Phi) is 5.14. The summed E-state index contributed by atoms with van der Waals surface area (Å²) in [5.74, 6) is 1.05. The van der Waals surface area contributed by atoms with Gasteiger partial charge in [0.2, 0.25) is 0 Å². The molecule has 0 radical (unpaired) electrons. The van der Waals surface area contributed by atoms with Gasteiger partial charge < -0.3 is 5.32 Å². The number of hydrogen-bond acceptors (Lipinski definition) is 2. The molecule has 1 N–H and O–H groups in total. The second-order valence-electron chi connectivity index (χ2n) is 4.08. The summed E-state index contributed by atoms with van der Waals surface area (Å²) in [5.41, 5.74) is 2.49. The molecule has 1 nitrogen and oxygen atoms in total. The van der Waals surface area contributed by atoms with Crippen LogP contribution in [0.5, 0.6) is 0 Å². The lowest BCUT2D eigenvalue weighted by molar-refractivity contribution is 1.22. The molecule has 0 amide bonds. The molecule has 0 spiro atoms. The zero-order chi connectivity index (χ0) is 12.8. The molecule has 3 heteroatoms. The quantitative estimate of drug-likeness (QED) is 0.617. The Morgan fingerprint density at radius 1 is 1.11 bits per heavy atom. The summed E-state index contributed by atoms with van der Waals surface area (Å²) in [6.45, 7) is 3.08. The lowest BCUT2D eigenvalue weighted by atomic mass is 10.2. The molecule has 2 aromatic carbocycles. The van der Waals surface area contributed by atoms with Crippen molar-refractivity contribution in [3.63, 3.8) is 0 Å². The molecule has 0 saturated carbocycles. The predicted molar refractivity (Wildman–Crippen MR) is 84.5 cm³/mol. The van der Waals surface area contributed by atoms with Crippen LogP contribution in [0.1, 0.15) is 5.56 Å². The Hall–Kier alpha value is -0.930. The average Bonchev–Trinajstić information content (AvgIpc) is 2.37. The van der Waals surface area contributed by atoms with Gasteiger partial charge >= 0.3 is 0 Å². The van der Waals surface area contributed by atoms with Crippen LogP contribution in [-0.4, -0.2) is 12.3 Å². The number of nitrogens with one attached hydrogen (secondary N) is 1. The molecule has 0 heterocycles. The lowest BCUT2D eigenvalue weighted by Gasteiger charge is -2.07. The molecule has 0 aliphatic carbocycles. The summed E-state index contributed by atoms with van der Waals surface area (Å²) < 4.78 is 1.17.